The molecule has 0 saturated heterocycles. The van der Waals surface area contributed by atoms with E-state index in [0.717, 1.165) is 0 Å². The van der Waals surface area contributed by atoms with Gasteiger partial charge in [0.05, 0.1) is 37.0 Å². The van der Waals surface area contributed by atoms with Crippen LogP contribution in [0.15, 0.2) is 163 Å². The zero-order valence-corrected chi connectivity index (χ0v) is 23.2. The maximum absolute atomic E-state index is 9.45. The second-order valence-corrected chi connectivity index (χ2v) is 9.57. The number of hydrogen-bond acceptors (Lipinski definition) is 4. The van der Waals surface area contributed by atoms with Gasteiger partial charge in [-0.15, -0.1) is 0 Å². The summed E-state index contributed by atoms with van der Waals surface area (Å²) in [5.41, 5.74) is -6.49. The van der Waals surface area contributed by atoms with Crippen LogP contribution in [0.4, 0.5) is 0 Å². The monoisotopic (exact) mass is 628 g/mol. The Morgan fingerprint density at radius 3 is 1.62 bits per heavy atom. The number of hydrogen-bond donors (Lipinski definition) is 0. The summed E-state index contributed by atoms with van der Waals surface area (Å²) >= 11 is 0. The Hall–Kier alpha value is -6.39. The molecule has 1 aromatic heterocycles. The first kappa shape index (κ1) is 11.1. The highest BCUT2D eigenvalue weighted by Gasteiger charge is 2.20. The highest BCUT2D eigenvalue weighted by Crippen LogP contribution is 2.47. The molecule has 47 heavy (non-hydrogen) atoms. The first-order valence-corrected chi connectivity index (χ1v) is 13.5. The number of aromatic nitrogens is 3. The van der Waals surface area contributed by atoms with E-state index in [1.165, 1.54) is 0 Å². The summed E-state index contributed by atoms with van der Waals surface area (Å²) in [5.74, 6) is -3.82. The minimum absolute atomic E-state index is 0.316. The lowest BCUT2D eigenvalue weighted by molar-refractivity contribution is 0.487. The normalized spacial score (nSPS) is 19.6. The topological polar surface area (TPSA) is 47.9 Å². The Kier molecular flexibility index (Phi) is 2.66. The van der Waals surface area contributed by atoms with E-state index >= 15 is 0 Å². The lowest BCUT2D eigenvalue weighted by Gasteiger charge is -2.22. The van der Waals surface area contributed by atoms with Crippen LogP contribution in [0.2, 0.25) is 0 Å². The van der Waals surface area contributed by atoms with Gasteiger partial charge in [-0.2, -0.15) is 0 Å². The lowest BCUT2D eigenvalue weighted by atomic mass is 9.92. The molecule has 0 radical (unpaired) electrons. The number of ether oxygens (including phenoxy) is 1. The second-order valence-electron chi connectivity index (χ2n) is 9.57. The van der Waals surface area contributed by atoms with Crippen LogP contribution < -0.4 is 4.74 Å². The van der Waals surface area contributed by atoms with Crippen LogP contribution in [0.25, 0.3) is 78.3 Å². The second kappa shape index (κ2) is 11.2. The molecule has 1 aliphatic rings. The summed E-state index contributed by atoms with van der Waals surface area (Å²) in [6, 6.07) is -24.2. The van der Waals surface area contributed by atoms with E-state index in [1.807, 2.05) is 0 Å². The van der Waals surface area contributed by atoms with E-state index in [9.17, 15) is 8.22 Å². The molecule has 220 valence electrons. The Morgan fingerprint density at radius 1 is 0.362 bits per heavy atom. The highest BCUT2D eigenvalue weighted by molar-refractivity contribution is 6.04. The van der Waals surface area contributed by atoms with Crippen molar-refractivity contribution in [3.8, 4) is 79.0 Å². The van der Waals surface area contributed by atoms with E-state index in [2.05, 4.69) is 15.0 Å². The molecule has 0 aliphatic carbocycles. The predicted octanol–water partition coefficient (Wildman–Crippen LogP) is 11.1. The van der Waals surface area contributed by atoms with Gasteiger partial charge in [0.1, 0.15) is 11.5 Å². The Morgan fingerprint density at radius 2 is 0.872 bits per heavy atom. The van der Waals surface area contributed by atoms with Gasteiger partial charge < -0.3 is 4.74 Å². The number of nitrogens with zero attached hydrogens (tertiary/aromatic N) is 3. The van der Waals surface area contributed by atoms with Crippen LogP contribution in [0.1, 0.15) is 37.0 Å². The molecule has 0 bridgehead atoms. The molecule has 0 N–H and O–H groups in total. The molecular formula is C43H27N3O. The number of rotatable bonds is 5. The molecule has 0 fully saturated rings. The quantitative estimate of drug-likeness (QED) is 0.190. The summed E-state index contributed by atoms with van der Waals surface area (Å²) in [6.07, 6.45) is 0. The van der Waals surface area contributed by atoms with Crippen molar-refractivity contribution in [2.75, 3.05) is 0 Å². The maximum Gasteiger partial charge on any atom is 0.164 e. The van der Waals surface area contributed by atoms with Gasteiger partial charge >= 0.3 is 0 Å². The van der Waals surface area contributed by atoms with Crippen molar-refractivity contribution in [3.63, 3.8) is 0 Å². The SMILES string of the molecule is [2H]c1c([2H])c([2H])c(-c2nc(-c3c([2H])c([2H])c(-c4c([2H])c([2H])c5c(c4[2H])-c4c([2H])c([2H])c([2H])c6c([2H])c([2H])c([2H])c(c46)O5)c([2H])c3[2H])nc(-c3c([2H])c([2H])c([2H])c(-c4c([2H])c([2H])c([2H])c([2H])c4[2H])c3[2H])n2)c([2H])c1[2H]. The van der Waals surface area contributed by atoms with Gasteiger partial charge in [0.25, 0.3) is 0 Å². The van der Waals surface area contributed by atoms with Crippen molar-refractivity contribution in [2.24, 2.45) is 0 Å². The molecular weight excluding hydrogens is 574 g/mol. The van der Waals surface area contributed by atoms with Crippen LogP contribution >= 0.6 is 0 Å². The fraction of sp³-hybridized carbons (Fsp3) is 0. The van der Waals surface area contributed by atoms with Gasteiger partial charge in [-0.25, -0.2) is 15.0 Å². The average molecular weight is 629 g/mol. The summed E-state index contributed by atoms with van der Waals surface area (Å²) in [7, 11) is 0. The Bertz CT molecular complexity index is 3880. The zero-order valence-electron chi connectivity index (χ0n) is 50.2. The number of benzene rings is 7. The lowest BCUT2D eigenvalue weighted by Crippen LogP contribution is -2.00. The van der Waals surface area contributed by atoms with Crippen molar-refractivity contribution in [2.45, 2.75) is 0 Å². The van der Waals surface area contributed by atoms with Gasteiger partial charge in [0, 0.05) is 27.6 Å². The smallest absolute Gasteiger partial charge is 0.164 e. The molecule has 0 amide bonds. The van der Waals surface area contributed by atoms with Crippen LogP contribution in [0.5, 0.6) is 11.5 Å². The first-order chi connectivity index (χ1) is 34.5. The third-order valence-electron chi connectivity index (χ3n) is 6.75. The highest BCUT2D eigenvalue weighted by atomic mass is 16.5. The Balaban J connectivity index is 1.37. The maximum atomic E-state index is 9.45. The molecule has 7 aromatic carbocycles. The first-order valence-electron chi connectivity index (χ1n) is 27.0. The molecule has 0 unspecified atom stereocenters. The fourth-order valence-electron chi connectivity index (χ4n) is 4.66. The van der Waals surface area contributed by atoms with Gasteiger partial charge in [0.2, 0.25) is 0 Å². The van der Waals surface area contributed by atoms with E-state index < -0.39 is 248 Å². The van der Waals surface area contributed by atoms with Crippen LogP contribution in [0, 0.1) is 0 Å². The molecule has 1 aliphatic heterocycles. The molecule has 4 heteroatoms. The van der Waals surface area contributed by atoms with Gasteiger partial charge in [-0.1, -0.05) is 139 Å². The molecule has 0 spiro atoms. The standard InChI is InChI=1S/C43H27N3O/c1-3-10-28(11-4-1)33-16-7-17-35(26-33)43-45-41(31-12-5-2-6-13-31)44-42(46-43)32-22-20-29(21-23-32)34-24-25-38-37(27-34)36-18-8-14-30-15-9-19-39(47-38)40(30)36/h1-27H/i1D,2D,3D,4D,5D,6D,7D,8D,9D,10D,11D,12D,13D,14D,15D,16D,17D,18D,19D,20D,21D,22D,23D,24D,25D,26D,27D. The summed E-state index contributed by atoms with van der Waals surface area (Å²) in [4.78, 5) is 12.7. The largest absolute Gasteiger partial charge is 0.456 e. The molecule has 8 aromatic rings. The molecule has 0 atom stereocenters. The van der Waals surface area contributed by atoms with Gasteiger partial charge in [-0.05, 0) is 57.4 Å². The van der Waals surface area contributed by atoms with Crippen LogP contribution in [0.3, 0.4) is 0 Å². The summed E-state index contributed by atoms with van der Waals surface area (Å²) in [5, 5.41) is -0.725. The zero-order chi connectivity index (χ0) is 54.7. The van der Waals surface area contributed by atoms with Gasteiger partial charge in [0.15, 0.2) is 17.5 Å². The number of fused-ring (bicyclic) bond motifs is 2. The van der Waals surface area contributed by atoms with E-state index in [0.29, 0.717) is 0 Å². The third-order valence-corrected chi connectivity index (χ3v) is 6.75. The van der Waals surface area contributed by atoms with Crippen LogP contribution in [-0.4, -0.2) is 15.0 Å². The minimum Gasteiger partial charge on any atom is -0.456 e. The molecule has 4 nitrogen and oxygen atoms in total. The van der Waals surface area contributed by atoms with Crippen LogP contribution in [-0.2, 0) is 0 Å². The fourth-order valence-corrected chi connectivity index (χ4v) is 4.66. The summed E-state index contributed by atoms with van der Waals surface area (Å²) in [6.45, 7) is 0. The van der Waals surface area contributed by atoms with Crippen molar-refractivity contribution in [3.05, 3.63) is 163 Å². The minimum atomic E-state index is -1.06. The van der Waals surface area contributed by atoms with E-state index in [4.69, 9.17) is 33.5 Å². The van der Waals surface area contributed by atoms with Gasteiger partial charge in [-0.3, -0.25) is 0 Å². The summed E-state index contributed by atoms with van der Waals surface area (Å²) < 4.78 is 242. The molecule has 9 rings (SSSR count). The molecule has 2 heterocycles. The average Bonchev–Trinajstić information content (AvgIpc) is 3.36. The third kappa shape index (κ3) is 4.93. The van der Waals surface area contributed by atoms with Crippen molar-refractivity contribution in [1.29, 1.82) is 0 Å². The van der Waals surface area contributed by atoms with E-state index in [-0.39, 0.29) is 5.39 Å². The van der Waals surface area contributed by atoms with Crippen molar-refractivity contribution in [1.82, 2.24) is 15.0 Å². The predicted molar refractivity (Wildman–Crippen MR) is 190 cm³/mol. The van der Waals surface area contributed by atoms with Crippen molar-refractivity contribution >= 4 is 10.8 Å². The molecule has 0 saturated carbocycles. The van der Waals surface area contributed by atoms with Crippen molar-refractivity contribution < 1.29 is 41.7 Å². The Labute approximate surface area is 310 Å². The van der Waals surface area contributed by atoms with E-state index in [1.54, 1.807) is 0 Å².